The topological polar surface area (TPSA) is 80.2 Å². The number of hydrazone groups is 1. The Balaban J connectivity index is 1.94. The number of phenols is 1. The van der Waals surface area contributed by atoms with Crippen molar-refractivity contribution in [3.05, 3.63) is 60.2 Å². The minimum absolute atomic E-state index is 0.0961. The summed E-state index contributed by atoms with van der Waals surface area (Å²) in [7, 11) is 1.61. The molecule has 0 saturated carbocycles. The van der Waals surface area contributed by atoms with E-state index in [9.17, 15) is 9.90 Å². The summed E-state index contributed by atoms with van der Waals surface area (Å²) in [4.78, 5) is 12.9. The molecule has 2 aromatic carbocycles. The molecule has 7 heteroatoms. The van der Waals surface area contributed by atoms with Crippen LogP contribution in [0.25, 0.3) is 0 Å². The molecule has 2 rings (SSSR count). The molecule has 0 radical (unpaired) electrons. The molecule has 0 unspecified atom stereocenters. The highest BCUT2D eigenvalue weighted by Gasteiger charge is 2.09. The highest BCUT2D eigenvalue weighted by Crippen LogP contribution is 2.32. The Morgan fingerprint density at radius 1 is 1.32 bits per heavy atom. The molecule has 2 aromatic rings. The number of allylic oxidation sites excluding steroid dienone is 1. The average Bonchev–Trinajstić information content (AvgIpc) is 2.70. The lowest BCUT2D eigenvalue weighted by Crippen LogP contribution is -2.19. The number of benzene rings is 2. The van der Waals surface area contributed by atoms with E-state index in [0.717, 1.165) is 10.6 Å². The highest BCUT2D eigenvalue weighted by atomic mass is 32.2. The summed E-state index contributed by atoms with van der Waals surface area (Å²) in [6.07, 6.45) is 3.72. The van der Waals surface area contributed by atoms with Crippen molar-refractivity contribution in [1.82, 2.24) is 5.43 Å². The van der Waals surface area contributed by atoms with Gasteiger partial charge in [-0.15, -0.1) is 18.3 Å². The van der Waals surface area contributed by atoms with Crippen LogP contribution in [0.15, 0.2) is 59.1 Å². The van der Waals surface area contributed by atoms with Gasteiger partial charge < -0.3 is 14.6 Å². The number of hydrogen-bond acceptors (Lipinski definition) is 6. The lowest BCUT2D eigenvalue weighted by atomic mass is 10.1. The fraction of sp³-hybridized carbons (Fsp3) is 0.238. The summed E-state index contributed by atoms with van der Waals surface area (Å²) in [5, 5.41) is 14.2. The molecule has 0 fully saturated rings. The number of amides is 1. The standard InChI is InChI=1S/C21H24N2O4S/c1-4-6-16-11-15(12-19(21(16)25)27-5-2)13-22-23-20(24)14-28-18-9-7-17(26-3)8-10-18/h4,7-13,25H,1,5-6,14H2,2-3H3,(H,23,24)/b22-13+. The second-order valence-corrected chi connectivity index (χ2v) is 6.76. The first kappa shape index (κ1) is 21.4. The van der Waals surface area contributed by atoms with Crippen LogP contribution in [0.3, 0.4) is 0 Å². The molecule has 0 spiro atoms. The zero-order chi connectivity index (χ0) is 20.4. The summed E-state index contributed by atoms with van der Waals surface area (Å²) in [5.74, 6) is 1.27. The Morgan fingerprint density at radius 2 is 2.07 bits per heavy atom. The molecular formula is C21H24N2O4S. The second-order valence-electron chi connectivity index (χ2n) is 5.71. The van der Waals surface area contributed by atoms with Crippen LogP contribution in [0, 0.1) is 0 Å². The lowest BCUT2D eigenvalue weighted by Gasteiger charge is -2.10. The number of aromatic hydroxyl groups is 1. The van der Waals surface area contributed by atoms with Gasteiger partial charge in [-0.2, -0.15) is 5.10 Å². The molecule has 28 heavy (non-hydrogen) atoms. The minimum atomic E-state index is -0.216. The van der Waals surface area contributed by atoms with Crippen molar-refractivity contribution < 1.29 is 19.4 Å². The van der Waals surface area contributed by atoms with Crippen LogP contribution in [0.5, 0.6) is 17.2 Å². The van der Waals surface area contributed by atoms with Crippen molar-refractivity contribution in [2.45, 2.75) is 18.2 Å². The maximum absolute atomic E-state index is 12.0. The predicted octanol–water partition coefficient (Wildman–Crippen LogP) is 3.77. The monoisotopic (exact) mass is 400 g/mol. The predicted molar refractivity (Wildman–Crippen MR) is 113 cm³/mol. The molecule has 0 bridgehead atoms. The highest BCUT2D eigenvalue weighted by molar-refractivity contribution is 8.00. The third-order valence-electron chi connectivity index (χ3n) is 3.67. The van der Waals surface area contributed by atoms with Crippen molar-refractivity contribution in [1.29, 1.82) is 0 Å². The summed E-state index contributed by atoms with van der Waals surface area (Å²) in [6, 6.07) is 10.9. The SMILES string of the molecule is C=CCc1cc(/C=N/NC(=O)CSc2ccc(OC)cc2)cc(OCC)c1O. The van der Waals surface area contributed by atoms with E-state index in [1.54, 1.807) is 25.3 Å². The summed E-state index contributed by atoms with van der Waals surface area (Å²) >= 11 is 1.41. The Labute approximate surface area is 169 Å². The maximum Gasteiger partial charge on any atom is 0.250 e. The summed E-state index contributed by atoms with van der Waals surface area (Å²) in [5.41, 5.74) is 3.90. The number of methoxy groups -OCH3 is 1. The Hall–Kier alpha value is -2.93. The van der Waals surface area contributed by atoms with E-state index in [1.807, 2.05) is 31.2 Å². The van der Waals surface area contributed by atoms with Crippen molar-refractivity contribution in [3.63, 3.8) is 0 Å². The quantitative estimate of drug-likeness (QED) is 0.275. The van der Waals surface area contributed by atoms with Crippen LogP contribution in [0.2, 0.25) is 0 Å². The smallest absolute Gasteiger partial charge is 0.250 e. The third kappa shape index (κ3) is 6.35. The van der Waals surface area contributed by atoms with E-state index >= 15 is 0 Å². The van der Waals surface area contributed by atoms with Crippen LogP contribution in [-0.4, -0.2) is 36.7 Å². The van der Waals surface area contributed by atoms with Gasteiger partial charge in [-0.3, -0.25) is 4.79 Å². The van der Waals surface area contributed by atoms with Crippen LogP contribution in [-0.2, 0) is 11.2 Å². The molecule has 6 nitrogen and oxygen atoms in total. The van der Waals surface area contributed by atoms with Gasteiger partial charge in [0, 0.05) is 10.5 Å². The molecule has 0 aliphatic heterocycles. The van der Waals surface area contributed by atoms with E-state index in [-0.39, 0.29) is 17.4 Å². The molecule has 148 valence electrons. The Kier molecular flexibility index (Phi) is 8.42. The maximum atomic E-state index is 12.0. The van der Waals surface area contributed by atoms with Gasteiger partial charge in [0.15, 0.2) is 11.5 Å². The molecule has 2 N–H and O–H groups in total. The molecular weight excluding hydrogens is 376 g/mol. The molecule has 1 amide bonds. The number of nitrogens with zero attached hydrogens (tertiary/aromatic N) is 1. The average molecular weight is 401 g/mol. The van der Waals surface area contributed by atoms with Gasteiger partial charge in [0.05, 0.1) is 25.7 Å². The lowest BCUT2D eigenvalue weighted by molar-refractivity contribution is -0.118. The van der Waals surface area contributed by atoms with Gasteiger partial charge in [-0.25, -0.2) is 5.43 Å². The van der Waals surface area contributed by atoms with Gasteiger partial charge >= 0.3 is 0 Å². The molecule has 0 saturated heterocycles. The minimum Gasteiger partial charge on any atom is -0.504 e. The van der Waals surface area contributed by atoms with Gasteiger partial charge in [0.2, 0.25) is 5.91 Å². The largest absolute Gasteiger partial charge is 0.504 e. The first-order valence-corrected chi connectivity index (χ1v) is 9.74. The number of nitrogens with one attached hydrogen (secondary N) is 1. The zero-order valence-electron chi connectivity index (χ0n) is 16.0. The van der Waals surface area contributed by atoms with E-state index in [0.29, 0.717) is 29.9 Å². The number of thioether (sulfide) groups is 1. The van der Waals surface area contributed by atoms with Gasteiger partial charge in [0.1, 0.15) is 5.75 Å². The van der Waals surface area contributed by atoms with Crippen molar-refractivity contribution in [2.24, 2.45) is 5.10 Å². The number of ether oxygens (including phenoxy) is 2. The van der Waals surface area contributed by atoms with E-state index < -0.39 is 0 Å². The molecule has 0 atom stereocenters. The number of carbonyl (C=O) groups excluding carboxylic acids is 1. The first-order valence-electron chi connectivity index (χ1n) is 8.75. The van der Waals surface area contributed by atoms with Crippen molar-refractivity contribution in [3.8, 4) is 17.2 Å². The number of hydrogen-bond donors (Lipinski definition) is 2. The number of phenolic OH excluding ortho intramolecular Hbond substituents is 1. The summed E-state index contributed by atoms with van der Waals surface area (Å²) in [6.45, 7) is 5.96. The van der Waals surface area contributed by atoms with Crippen LogP contribution in [0.4, 0.5) is 0 Å². The molecule has 0 aromatic heterocycles. The fourth-order valence-electron chi connectivity index (χ4n) is 2.37. The Morgan fingerprint density at radius 3 is 2.71 bits per heavy atom. The molecule has 0 heterocycles. The number of rotatable bonds is 10. The van der Waals surface area contributed by atoms with Crippen molar-refractivity contribution in [2.75, 3.05) is 19.5 Å². The second kappa shape index (κ2) is 11.0. The van der Waals surface area contributed by atoms with Crippen molar-refractivity contribution >= 4 is 23.9 Å². The van der Waals surface area contributed by atoms with Gasteiger partial charge in [-0.05, 0) is 55.3 Å². The van der Waals surface area contributed by atoms with E-state index in [2.05, 4.69) is 17.1 Å². The molecule has 0 aliphatic carbocycles. The first-order chi connectivity index (χ1) is 13.6. The van der Waals surface area contributed by atoms with Crippen LogP contribution in [0.1, 0.15) is 18.1 Å². The third-order valence-corrected chi connectivity index (χ3v) is 4.68. The van der Waals surface area contributed by atoms with E-state index in [4.69, 9.17) is 9.47 Å². The Bertz CT molecular complexity index is 835. The normalized spacial score (nSPS) is 10.6. The van der Waals surface area contributed by atoms with Gasteiger partial charge in [0.25, 0.3) is 0 Å². The fourth-order valence-corrected chi connectivity index (χ4v) is 3.06. The van der Waals surface area contributed by atoms with Crippen LogP contribution >= 0.6 is 11.8 Å². The molecule has 0 aliphatic rings. The summed E-state index contributed by atoms with van der Waals surface area (Å²) < 4.78 is 10.6. The number of carbonyl (C=O) groups is 1. The van der Waals surface area contributed by atoms with Crippen LogP contribution < -0.4 is 14.9 Å². The van der Waals surface area contributed by atoms with Gasteiger partial charge in [-0.1, -0.05) is 6.08 Å². The zero-order valence-corrected chi connectivity index (χ0v) is 16.8. The van der Waals surface area contributed by atoms with E-state index in [1.165, 1.54) is 18.0 Å².